The predicted molar refractivity (Wildman–Crippen MR) is 119 cm³/mol. The van der Waals surface area contributed by atoms with Crippen LogP contribution in [0.2, 0.25) is 0 Å². The third-order valence-electron chi connectivity index (χ3n) is 5.95. The molecule has 0 saturated heterocycles. The highest BCUT2D eigenvalue weighted by molar-refractivity contribution is 5.89. The summed E-state index contributed by atoms with van der Waals surface area (Å²) < 4.78 is 0. The van der Waals surface area contributed by atoms with Crippen LogP contribution in [0.3, 0.4) is 0 Å². The van der Waals surface area contributed by atoms with Gasteiger partial charge in [-0.2, -0.15) is 0 Å². The molecule has 0 aliphatic heterocycles. The summed E-state index contributed by atoms with van der Waals surface area (Å²) in [5, 5.41) is 18.6. The van der Waals surface area contributed by atoms with Crippen LogP contribution in [-0.2, 0) is 14.4 Å². The molecule has 0 heterocycles. The summed E-state index contributed by atoms with van der Waals surface area (Å²) in [5.41, 5.74) is 5.03. The fourth-order valence-electron chi connectivity index (χ4n) is 4.10. The van der Waals surface area contributed by atoms with Crippen molar-refractivity contribution in [3.63, 3.8) is 0 Å². The maximum atomic E-state index is 11.3. The molecule has 5 heteroatoms. The fourth-order valence-corrected chi connectivity index (χ4v) is 4.10. The first-order valence-electron chi connectivity index (χ1n) is 10.7. The van der Waals surface area contributed by atoms with Crippen molar-refractivity contribution in [2.24, 2.45) is 5.41 Å². The largest absolute Gasteiger partial charge is 0.478 e. The quantitative estimate of drug-likeness (QED) is 0.262. The lowest BCUT2D eigenvalue weighted by Crippen LogP contribution is -2.20. The summed E-state index contributed by atoms with van der Waals surface area (Å²) in [6, 6.07) is 0. The minimum Gasteiger partial charge on any atom is -0.478 e. The van der Waals surface area contributed by atoms with Crippen molar-refractivity contribution in [2.75, 3.05) is 0 Å². The molecule has 2 N–H and O–H groups in total. The van der Waals surface area contributed by atoms with Crippen LogP contribution in [0.5, 0.6) is 0 Å². The van der Waals surface area contributed by atoms with Crippen LogP contribution in [-0.4, -0.2) is 34.9 Å². The number of aliphatic hydroxyl groups excluding tert-OH is 1. The van der Waals surface area contributed by atoms with Gasteiger partial charge >= 0.3 is 5.97 Å². The van der Waals surface area contributed by atoms with Gasteiger partial charge in [0.05, 0.1) is 6.10 Å². The lowest BCUT2D eigenvalue weighted by molar-refractivity contribution is -0.131. The molecule has 30 heavy (non-hydrogen) atoms. The Labute approximate surface area is 180 Å². The number of carbonyl (C=O) groups is 3. The first kappa shape index (κ1) is 25.8. The first-order chi connectivity index (χ1) is 14.1. The van der Waals surface area contributed by atoms with E-state index >= 15 is 0 Å². The van der Waals surface area contributed by atoms with Crippen LogP contribution in [0.25, 0.3) is 0 Å². The smallest absolute Gasteiger partial charge is 0.328 e. The van der Waals surface area contributed by atoms with Gasteiger partial charge in [-0.3, -0.25) is 9.59 Å². The van der Waals surface area contributed by atoms with Crippen molar-refractivity contribution in [2.45, 2.75) is 85.2 Å². The van der Waals surface area contributed by atoms with E-state index in [0.717, 1.165) is 25.5 Å². The van der Waals surface area contributed by atoms with Crippen LogP contribution in [0.4, 0.5) is 0 Å². The van der Waals surface area contributed by atoms with Crippen LogP contribution >= 0.6 is 0 Å². The van der Waals surface area contributed by atoms with Crippen molar-refractivity contribution in [3.8, 4) is 0 Å². The minimum atomic E-state index is -1.29. The average molecular weight is 417 g/mol. The minimum absolute atomic E-state index is 0.0249. The summed E-state index contributed by atoms with van der Waals surface area (Å²) in [6.07, 6.45) is 11.3. The second-order valence-corrected chi connectivity index (χ2v) is 8.83. The number of aldehydes is 2. The lowest BCUT2D eigenvalue weighted by Gasteiger charge is -2.35. The Morgan fingerprint density at radius 3 is 2.43 bits per heavy atom. The Bertz CT molecular complexity index is 750. The number of rotatable bonds is 12. The van der Waals surface area contributed by atoms with Gasteiger partial charge in [-0.05, 0) is 76.2 Å². The van der Waals surface area contributed by atoms with Crippen LogP contribution < -0.4 is 0 Å². The SMILES string of the molecule is CC1=C(CC/C(C)=C/CC/C(C=O)=C/CC(O)/C(C=O)=C/C(=O)O)C(C)(C)CCC1. The molecule has 0 amide bonds. The van der Waals surface area contributed by atoms with Gasteiger partial charge in [0.1, 0.15) is 12.6 Å². The van der Waals surface area contributed by atoms with E-state index in [-0.39, 0.29) is 17.4 Å². The monoisotopic (exact) mass is 416 g/mol. The molecule has 1 rings (SSSR count). The maximum absolute atomic E-state index is 11.3. The molecule has 0 radical (unpaired) electrons. The van der Waals surface area contributed by atoms with Gasteiger partial charge in [0, 0.05) is 11.6 Å². The van der Waals surface area contributed by atoms with Crippen molar-refractivity contribution < 1.29 is 24.6 Å². The van der Waals surface area contributed by atoms with Crippen molar-refractivity contribution in [3.05, 3.63) is 46.1 Å². The molecule has 0 aromatic heterocycles. The van der Waals surface area contributed by atoms with E-state index in [0.29, 0.717) is 24.4 Å². The summed E-state index contributed by atoms with van der Waals surface area (Å²) in [6.45, 7) is 9.04. The molecule has 1 aliphatic rings. The number of hydrogen-bond donors (Lipinski definition) is 2. The lowest BCUT2D eigenvalue weighted by atomic mass is 9.71. The highest BCUT2D eigenvalue weighted by atomic mass is 16.4. The van der Waals surface area contributed by atoms with E-state index in [1.54, 1.807) is 11.6 Å². The normalized spacial score (nSPS) is 18.9. The highest BCUT2D eigenvalue weighted by Crippen LogP contribution is 2.42. The second-order valence-electron chi connectivity index (χ2n) is 8.83. The average Bonchev–Trinajstić information content (AvgIpc) is 2.67. The number of allylic oxidation sites excluding steroid dienone is 5. The van der Waals surface area contributed by atoms with E-state index in [9.17, 15) is 19.5 Å². The number of carboxylic acids is 1. The molecular formula is C25H36O5. The van der Waals surface area contributed by atoms with Gasteiger partial charge in [-0.25, -0.2) is 4.79 Å². The Balaban J connectivity index is 2.59. The third kappa shape index (κ3) is 8.62. The van der Waals surface area contributed by atoms with E-state index in [2.05, 4.69) is 33.8 Å². The van der Waals surface area contributed by atoms with E-state index in [1.165, 1.54) is 30.4 Å². The number of aliphatic hydroxyl groups is 1. The Hall–Kier alpha value is -2.27. The van der Waals surface area contributed by atoms with Gasteiger partial charge < -0.3 is 10.2 Å². The molecule has 1 aliphatic carbocycles. The van der Waals surface area contributed by atoms with Crippen molar-refractivity contribution in [1.29, 1.82) is 0 Å². The number of carbonyl (C=O) groups excluding carboxylic acids is 2. The molecule has 1 atom stereocenters. The predicted octanol–water partition coefficient (Wildman–Crippen LogP) is 5.11. The summed E-state index contributed by atoms with van der Waals surface area (Å²) in [7, 11) is 0. The summed E-state index contributed by atoms with van der Waals surface area (Å²) >= 11 is 0. The zero-order chi connectivity index (χ0) is 22.7. The van der Waals surface area contributed by atoms with E-state index in [1.807, 2.05) is 0 Å². The van der Waals surface area contributed by atoms with Gasteiger partial charge in [-0.15, -0.1) is 0 Å². The van der Waals surface area contributed by atoms with E-state index in [4.69, 9.17) is 5.11 Å². The topological polar surface area (TPSA) is 91.7 Å². The van der Waals surface area contributed by atoms with Gasteiger partial charge in [-0.1, -0.05) is 42.7 Å². The molecule has 0 fully saturated rings. The highest BCUT2D eigenvalue weighted by Gasteiger charge is 2.27. The molecule has 0 bridgehead atoms. The van der Waals surface area contributed by atoms with Crippen LogP contribution in [0.1, 0.15) is 79.1 Å². The Morgan fingerprint density at radius 2 is 1.87 bits per heavy atom. The molecule has 0 saturated carbocycles. The van der Waals surface area contributed by atoms with Gasteiger partial charge in [0.15, 0.2) is 0 Å². The summed E-state index contributed by atoms with van der Waals surface area (Å²) in [5.74, 6) is -1.29. The molecule has 166 valence electrons. The fraction of sp³-hybridized carbons (Fsp3) is 0.560. The first-order valence-corrected chi connectivity index (χ1v) is 10.7. The van der Waals surface area contributed by atoms with Crippen molar-refractivity contribution >= 4 is 18.5 Å². The molecule has 0 aromatic carbocycles. The molecule has 1 unspecified atom stereocenters. The number of hydrogen-bond acceptors (Lipinski definition) is 4. The van der Waals surface area contributed by atoms with Gasteiger partial charge in [0.2, 0.25) is 0 Å². The second kappa shape index (κ2) is 12.4. The van der Waals surface area contributed by atoms with E-state index < -0.39 is 12.1 Å². The van der Waals surface area contributed by atoms with Gasteiger partial charge in [0.25, 0.3) is 0 Å². The Kier molecular flexibility index (Phi) is 10.7. The zero-order valence-electron chi connectivity index (χ0n) is 18.7. The maximum Gasteiger partial charge on any atom is 0.328 e. The molecule has 0 aromatic rings. The Morgan fingerprint density at radius 1 is 1.17 bits per heavy atom. The summed E-state index contributed by atoms with van der Waals surface area (Å²) in [4.78, 5) is 32.8. The molecular weight excluding hydrogens is 380 g/mol. The number of aliphatic carboxylic acids is 1. The zero-order valence-corrected chi connectivity index (χ0v) is 18.7. The van der Waals surface area contributed by atoms with Crippen LogP contribution in [0, 0.1) is 5.41 Å². The standard InChI is InChI=1S/C25H36O5/c1-18(10-12-22-19(2)8-6-14-25(22,3)4)7-5-9-20(16-26)11-13-23(28)21(17-27)15-24(29)30/h7,11,15-17,23,28H,5-6,8-10,12-14H2,1-4H3,(H,29,30)/b18-7+,20-11-,21-15+. The van der Waals surface area contributed by atoms with Crippen LogP contribution in [0.15, 0.2) is 46.1 Å². The molecule has 0 spiro atoms. The third-order valence-corrected chi connectivity index (χ3v) is 5.95. The molecule has 5 nitrogen and oxygen atoms in total. The van der Waals surface area contributed by atoms with Crippen molar-refractivity contribution in [1.82, 2.24) is 0 Å². The number of carboxylic acid groups (broad SMARTS) is 1.